The summed E-state index contributed by atoms with van der Waals surface area (Å²) in [6.45, 7) is 7.83. The second kappa shape index (κ2) is 6.92. The topological polar surface area (TPSA) is 32.7 Å². The summed E-state index contributed by atoms with van der Waals surface area (Å²) >= 11 is 0. The number of hydrogen-bond acceptors (Lipinski definition) is 3. The fourth-order valence-electron chi connectivity index (χ4n) is 3.00. The fraction of sp³-hybridized carbons (Fsp3) is 0.625. The molecule has 2 rings (SSSR count). The van der Waals surface area contributed by atoms with Gasteiger partial charge in [0.15, 0.2) is 0 Å². The molecule has 19 heavy (non-hydrogen) atoms. The SMILES string of the molecule is CC1CC(C)CN(CC(O)COc2ccccc2)C1. The van der Waals surface area contributed by atoms with E-state index in [4.69, 9.17) is 4.74 Å². The van der Waals surface area contributed by atoms with E-state index in [1.165, 1.54) is 6.42 Å². The quantitative estimate of drug-likeness (QED) is 0.885. The van der Waals surface area contributed by atoms with Crippen LogP contribution in [0.2, 0.25) is 0 Å². The van der Waals surface area contributed by atoms with Crippen LogP contribution in [0.3, 0.4) is 0 Å². The molecular weight excluding hydrogens is 238 g/mol. The second-order valence-electron chi connectivity index (χ2n) is 5.94. The molecule has 1 N–H and O–H groups in total. The van der Waals surface area contributed by atoms with Gasteiger partial charge >= 0.3 is 0 Å². The minimum absolute atomic E-state index is 0.364. The van der Waals surface area contributed by atoms with Gasteiger partial charge in [-0.2, -0.15) is 0 Å². The molecule has 0 radical (unpaired) electrons. The molecule has 3 heteroatoms. The molecule has 1 aromatic rings. The number of likely N-dealkylation sites (tertiary alicyclic amines) is 1. The molecule has 3 nitrogen and oxygen atoms in total. The highest BCUT2D eigenvalue weighted by Crippen LogP contribution is 2.21. The van der Waals surface area contributed by atoms with E-state index in [-0.39, 0.29) is 0 Å². The Bertz CT molecular complexity index is 358. The van der Waals surface area contributed by atoms with Crippen molar-refractivity contribution in [2.75, 3.05) is 26.2 Å². The molecule has 1 aromatic carbocycles. The largest absolute Gasteiger partial charge is 0.491 e. The van der Waals surface area contributed by atoms with Crippen LogP contribution in [-0.2, 0) is 0 Å². The molecule has 1 fully saturated rings. The van der Waals surface area contributed by atoms with Crippen molar-refractivity contribution in [3.05, 3.63) is 30.3 Å². The van der Waals surface area contributed by atoms with Crippen molar-refractivity contribution in [1.82, 2.24) is 4.90 Å². The highest BCUT2D eigenvalue weighted by molar-refractivity contribution is 5.20. The number of ether oxygens (including phenoxy) is 1. The van der Waals surface area contributed by atoms with Gasteiger partial charge in [-0.15, -0.1) is 0 Å². The second-order valence-corrected chi connectivity index (χ2v) is 5.94. The first-order chi connectivity index (χ1) is 9.13. The van der Waals surface area contributed by atoms with Crippen LogP contribution in [0, 0.1) is 11.8 Å². The van der Waals surface area contributed by atoms with Crippen molar-refractivity contribution in [2.45, 2.75) is 26.4 Å². The lowest BCUT2D eigenvalue weighted by Crippen LogP contribution is -2.43. The van der Waals surface area contributed by atoms with E-state index in [9.17, 15) is 5.11 Å². The number of aliphatic hydroxyl groups excluding tert-OH is 1. The maximum atomic E-state index is 10.1. The van der Waals surface area contributed by atoms with Gasteiger partial charge in [0.1, 0.15) is 18.5 Å². The van der Waals surface area contributed by atoms with Crippen LogP contribution >= 0.6 is 0 Å². The van der Waals surface area contributed by atoms with Crippen LogP contribution in [-0.4, -0.2) is 42.4 Å². The summed E-state index contributed by atoms with van der Waals surface area (Å²) in [7, 11) is 0. The van der Waals surface area contributed by atoms with Gasteiger partial charge in [0.2, 0.25) is 0 Å². The Morgan fingerprint density at radius 3 is 2.47 bits per heavy atom. The van der Waals surface area contributed by atoms with Gasteiger partial charge in [-0.1, -0.05) is 32.0 Å². The number of β-amino-alcohol motifs (C(OH)–C–C–N with tert-alkyl or cyclic N) is 1. The van der Waals surface area contributed by atoms with Crippen molar-refractivity contribution in [3.8, 4) is 5.75 Å². The molecule has 106 valence electrons. The Morgan fingerprint density at radius 2 is 1.84 bits per heavy atom. The van der Waals surface area contributed by atoms with Gasteiger partial charge in [0, 0.05) is 19.6 Å². The fourth-order valence-corrected chi connectivity index (χ4v) is 3.00. The minimum atomic E-state index is -0.419. The summed E-state index contributed by atoms with van der Waals surface area (Å²) in [6, 6.07) is 9.67. The van der Waals surface area contributed by atoms with E-state index in [0.29, 0.717) is 13.2 Å². The molecule has 1 heterocycles. The number of hydrogen-bond donors (Lipinski definition) is 1. The molecule has 0 bridgehead atoms. The summed E-state index contributed by atoms with van der Waals surface area (Å²) in [5.74, 6) is 2.28. The Morgan fingerprint density at radius 1 is 1.21 bits per heavy atom. The van der Waals surface area contributed by atoms with Crippen molar-refractivity contribution in [3.63, 3.8) is 0 Å². The number of piperidine rings is 1. The first-order valence-corrected chi connectivity index (χ1v) is 7.21. The van der Waals surface area contributed by atoms with E-state index in [1.807, 2.05) is 30.3 Å². The predicted octanol–water partition coefficient (Wildman–Crippen LogP) is 2.40. The van der Waals surface area contributed by atoms with Gasteiger partial charge in [-0.25, -0.2) is 0 Å². The zero-order valence-corrected chi connectivity index (χ0v) is 12.0. The summed E-state index contributed by atoms with van der Waals surface area (Å²) in [6.07, 6.45) is 0.880. The van der Waals surface area contributed by atoms with Gasteiger partial charge in [-0.05, 0) is 30.4 Å². The highest BCUT2D eigenvalue weighted by Gasteiger charge is 2.23. The van der Waals surface area contributed by atoms with E-state index in [1.54, 1.807) is 0 Å². The summed E-state index contributed by atoms with van der Waals surface area (Å²) in [5.41, 5.74) is 0. The van der Waals surface area contributed by atoms with Crippen LogP contribution < -0.4 is 4.74 Å². The maximum Gasteiger partial charge on any atom is 0.119 e. The molecule has 1 aliphatic rings. The third-order valence-electron chi connectivity index (χ3n) is 3.60. The Hall–Kier alpha value is -1.06. The number of benzene rings is 1. The summed E-state index contributed by atoms with van der Waals surface area (Å²) < 4.78 is 5.59. The standard InChI is InChI=1S/C16H25NO2/c1-13-8-14(2)10-17(9-13)11-15(18)12-19-16-6-4-3-5-7-16/h3-7,13-15,18H,8-12H2,1-2H3. The van der Waals surface area contributed by atoms with Gasteiger partial charge < -0.3 is 14.7 Å². The summed E-state index contributed by atoms with van der Waals surface area (Å²) in [4.78, 5) is 2.36. The van der Waals surface area contributed by atoms with Crippen molar-refractivity contribution >= 4 is 0 Å². The smallest absolute Gasteiger partial charge is 0.119 e. The highest BCUT2D eigenvalue weighted by atomic mass is 16.5. The monoisotopic (exact) mass is 263 g/mol. The molecule has 1 saturated heterocycles. The molecule has 0 amide bonds. The predicted molar refractivity (Wildman–Crippen MR) is 77.3 cm³/mol. The van der Waals surface area contributed by atoms with Crippen LogP contribution in [0.25, 0.3) is 0 Å². The first-order valence-electron chi connectivity index (χ1n) is 7.21. The molecular formula is C16H25NO2. The minimum Gasteiger partial charge on any atom is -0.491 e. The third-order valence-corrected chi connectivity index (χ3v) is 3.60. The molecule has 0 saturated carbocycles. The van der Waals surface area contributed by atoms with Gasteiger partial charge in [0.05, 0.1) is 0 Å². The zero-order valence-electron chi connectivity index (χ0n) is 12.0. The lowest BCUT2D eigenvalue weighted by atomic mass is 9.92. The van der Waals surface area contributed by atoms with Crippen molar-refractivity contribution in [1.29, 1.82) is 0 Å². The third kappa shape index (κ3) is 4.84. The molecule has 0 spiro atoms. The average molecular weight is 263 g/mol. The van der Waals surface area contributed by atoms with Crippen LogP contribution in [0.1, 0.15) is 20.3 Å². The lowest BCUT2D eigenvalue weighted by molar-refractivity contribution is 0.0429. The number of aliphatic hydroxyl groups is 1. The molecule has 1 aliphatic heterocycles. The van der Waals surface area contributed by atoms with E-state index < -0.39 is 6.10 Å². The maximum absolute atomic E-state index is 10.1. The van der Waals surface area contributed by atoms with Gasteiger partial charge in [-0.3, -0.25) is 0 Å². The molecule has 0 aromatic heterocycles. The zero-order chi connectivity index (χ0) is 13.7. The van der Waals surface area contributed by atoms with E-state index in [0.717, 1.165) is 30.7 Å². The van der Waals surface area contributed by atoms with Crippen LogP contribution in [0.4, 0.5) is 0 Å². The number of para-hydroxylation sites is 1. The first kappa shape index (κ1) is 14.4. The Balaban J connectivity index is 1.73. The Kier molecular flexibility index (Phi) is 5.23. The Labute approximate surface area is 116 Å². The van der Waals surface area contributed by atoms with Crippen LogP contribution in [0.15, 0.2) is 30.3 Å². The van der Waals surface area contributed by atoms with Crippen molar-refractivity contribution < 1.29 is 9.84 Å². The number of nitrogens with zero attached hydrogens (tertiary/aromatic N) is 1. The van der Waals surface area contributed by atoms with Gasteiger partial charge in [0.25, 0.3) is 0 Å². The molecule has 3 atom stereocenters. The van der Waals surface area contributed by atoms with Crippen LogP contribution in [0.5, 0.6) is 5.75 Å². The van der Waals surface area contributed by atoms with Crippen molar-refractivity contribution in [2.24, 2.45) is 11.8 Å². The number of rotatable bonds is 5. The average Bonchev–Trinajstić information content (AvgIpc) is 2.36. The normalized spacial score (nSPS) is 26.1. The molecule has 3 unspecified atom stereocenters. The summed E-state index contributed by atoms with van der Waals surface area (Å²) in [5, 5.41) is 10.1. The lowest BCUT2D eigenvalue weighted by Gasteiger charge is -2.35. The van der Waals surface area contributed by atoms with E-state index in [2.05, 4.69) is 18.7 Å². The molecule has 0 aliphatic carbocycles. The van der Waals surface area contributed by atoms with E-state index >= 15 is 0 Å².